The molecule has 0 radical (unpaired) electrons. The highest BCUT2D eigenvalue weighted by Crippen LogP contribution is 2.31. The summed E-state index contributed by atoms with van der Waals surface area (Å²) in [5, 5.41) is 2.18. The average Bonchev–Trinajstić information content (AvgIpc) is 2.52. The van der Waals surface area contributed by atoms with Gasteiger partial charge in [-0.25, -0.2) is 13.8 Å². The largest absolute Gasteiger partial charge is 0.330 e. The zero-order valence-corrected chi connectivity index (χ0v) is 9.12. The van der Waals surface area contributed by atoms with Crippen molar-refractivity contribution in [3.05, 3.63) is 16.1 Å². The van der Waals surface area contributed by atoms with Gasteiger partial charge in [0.2, 0.25) is 0 Å². The van der Waals surface area contributed by atoms with Gasteiger partial charge in [0.15, 0.2) is 0 Å². The lowest BCUT2D eigenvalue weighted by molar-refractivity contribution is 0.147. The maximum absolute atomic E-state index is 12.2. The Morgan fingerprint density at radius 2 is 2.31 bits per heavy atom. The highest BCUT2D eigenvalue weighted by molar-refractivity contribution is 9.09. The number of hydrogen-bond acceptors (Lipinski definition) is 3. The van der Waals surface area contributed by atoms with Crippen LogP contribution in [0.25, 0.3) is 0 Å². The minimum atomic E-state index is -2.42. The van der Waals surface area contributed by atoms with E-state index in [9.17, 15) is 8.78 Å². The van der Waals surface area contributed by atoms with Crippen LogP contribution in [0.5, 0.6) is 0 Å². The van der Waals surface area contributed by atoms with Crippen molar-refractivity contribution in [2.24, 2.45) is 5.73 Å². The van der Waals surface area contributed by atoms with E-state index in [1.807, 2.05) is 0 Å². The highest BCUT2D eigenvalue weighted by atomic mass is 79.9. The third-order valence-corrected chi connectivity index (χ3v) is 3.54. The topological polar surface area (TPSA) is 38.9 Å². The van der Waals surface area contributed by atoms with Gasteiger partial charge >= 0.3 is 0 Å². The van der Waals surface area contributed by atoms with Crippen LogP contribution in [0.1, 0.15) is 15.5 Å². The summed E-state index contributed by atoms with van der Waals surface area (Å²) in [5.74, 6) is 0. The van der Waals surface area contributed by atoms with Crippen LogP contribution in [0.2, 0.25) is 0 Å². The molecule has 6 heteroatoms. The van der Waals surface area contributed by atoms with Gasteiger partial charge in [-0.3, -0.25) is 0 Å². The first-order valence-corrected chi connectivity index (χ1v) is 5.51. The summed E-state index contributed by atoms with van der Waals surface area (Å²) >= 11 is 4.11. The van der Waals surface area contributed by atoms with Crippen molar-refractivity contribution in [1.29, 1.82) is 0 Å². The molecule has 1 atom stereocenters. The number of nitrogens with zero attached hydrogens (tertiary/aromatic N) is 1. The molecule has 74 valence electrons. The molecule has 0 aliphatic rings. The Bertz CT molecular complexity index is 267. The van der Waals surface area contributed by atoms with E-state index in [-0.39, 0.29) is 0 Å². The van der Waals surface area contributed by atoms with Gasteiger partial charge in [0, 0.05) is 11.8 Å². The molecule has 13 heavy (non-hydrogen) atoms. The number of hydrogen-bond donors (Lipinski definition) is 1. The molecule has 0 spiro atoms. The van der Waals surface area contributed by atoms with Crippen molar-refractivity contribution in [1.82, 2.24) is 4.98 Å². The summed E-state index contributed by atoms with van der Waals surface area (Å²) in [6, 6.07) is 0. The molecule has 1 aromatic rings. The van der Waals surface area contributed by atoms with E-state index in [4.69, 9.17) is 5.73 Å². The zero-order chi connectivity index (χ0) is 9.84. The van der Waals surface area contributed by atoms with Crippen LogP contribution < -0.4 is 5.73 Å². The van der Waals surface area contributed by atoms with Gasteiger partial charge < -0.3 is 5.73 Å². The molecule has 1 aromatic heterocycles. The van der Waals surface area contributed by atoms with Gasteiger partial charge in [0.25, 0.3) is 6.43 Å². The van der Waals surface area contributed by atoms with E-state index in [1.54, 1.807) is 5.38 Å². The molecule has 0 aliphatic carbocycles. The number of halogens is 3. The summed E-state index contributed by atoms with van der Waals surface area (Å²) in [6.07, 6.45) is -1.78. The molecular weight excluding hydrogens is 262 g/mol. The monoisotopic (exact) mass is 270 g/mol. The molecule has 0 saturated heterocycles. The Kier molecular flexibility index (Phi) is 4.21. The molecule has 0 saturated carbocycles. The van der Waals surface area contributed by atoms with Crippen molar-refractivity contribution in [2.75, 3.05) is 6.54 Å². The molecule has 0 bridgehead atoms. The Morgan fingerprint density at radius 3 is 2.85 bits per heavy atom. The predicted octanol–water partition coefficient (Wildman–Crippen LogP) is 2.35. The van der Waals surface area contributed by atoms with Gasteiger partial charge in [-0.2, -0.15) is 0 Å². The van der Waals surface area contributed by atoms with Gasteiger partial charge in [-0.15, -0.1) is 11.3 Å². The quantitative estimate of drug-likeness (QED) is 0.854. The van der Waals surface area contributed by atoms with E-state index >= 15 is 0 Å². The number of nitrogens with two attached hydrogens (primary N) is 1. The first-order valence-electron chi connectivity index (χ1n) is 3.71. The SMILES string of the molecule is NCCc1csc(C(Br)C(F)F)n1. The van der Waals surface area contributed by atoms with Crippen LogP contribution in [0.15, 0.2) is 5.38 Å². The summed E-state index contributed by atoms with van der Waals surface area (Å²) < 4.78 is 24.4. The smallest absolute Gasteiger partial charge is 0.257 e. The Balaban J connectivity index is 2.67. The number of alkyl halides is 3. The highest BCUT2D eigenvalue weighted by Gasteiger charge is 2.21. The number of aromatic nitrogens is 1. The summed E-state index contributed by atoms with van der Waals surface area (Å²) in [5.41, 5.74) is 6.10. The third-order valence-electron chi connectivity index (χ3n) is 1.43. The Labute approximate surface area is 87.3 Å². The molecule has 0 fully saturated rings. The standard InChI is InChI=1S/C7H9BrF2N2S/c8-5(6(9)10)7-12-4(1-2-11)3-13-7/h3,5-6H,1-2,11H2. The second-order valence-corrected chi connectivity index (χ2v) is 4.33. The Morgan fingerprint density at radius 1 is 1.62 bits per heavy atom. The second-order valence-electron chi connectivity index (χ2n) is 2.45. The third kappa shape index (κ3) is 2.96. The van der Waals surface area contributed by atoms with Crippen molar-refractivity contribution in [2.45, 2.75) is 17.7 Å². The average molecular weight is 271 g/mol. The van der Waals surface area contributed by atoms with E-state index in [0.717, 1.165) is 5.69 Å². The fraction of sp³-hybridized carbons (Fsp3) is 0.571. The molecule has 1 heterocycles. The molecular formula is C7H9BrF2N2S. The molecule has 0 amide bonds. The van der Waals surface area contributed by atoms with E-state index < -0.39 is 11.3 Å². The predicted molar refractivity (Wildman–Crippen MR) is 52.5 cm³/mol. The summed E-state index contributed by atoms with van der Waals surface area (Å²) in [4.78, 5) is 3.08. The maximum atomic E-state index is 12.2. The zero-order valence-electron chi connectivity index (χ0n) is 6.71. The van der Waals surface area contributed by atoms with E-state index in [1.165, 1.54) is 11.3 Å². The van der Waals surface area contributed by atoms with E-state index in [2.05, 4.69) is 20.9 Å². The molecule has 0 aromatic carbocycles. The lowest BCUT2D eigenvalue weighted by Gasteiger charge is -2.02. The van der Waals surface area contributed by atoms with Gasteiger partial charge in [-0.1, -0.05) is 15.9 Å². The lowest BCUT2D eigenvalue weighted by Crippen LogP contribution is -2.04. The van der Waals surface area contributed by atoms with Gasteiger partial charge in [0.05, 0.1) is 5.69 Å². The molecule has 0 aliphatic heterocycles. The minimum Gasteiger partial charge on any atom is -0.330 e. The van der Waals surface area contributed by atoms with Crippen molar-refractivity contribution < 1.29 is 8.78 Å². The van der Waals surface area contributed by atoms with Crippen molar-refractivity contribution in [3.8, 4) is 0 Å². The van der Waals surface area contributed by atoms with E-state index in [0.29, 0.717) is 18.0 Å². The maximum Gasteiger partial charge on any atom is 0.257 e. The number of thiazole rings is 1. The van der Waals surface area contributed by atoms with Crippen LogP contribution in [-0.4, -0.2) is 18.0 Å². The normalized spacial score (nSPS) is 13.6. The summed E-state index contributed by atoms with van der Waals surface area (Å²) in [6.45, 7) is 0.491. The molecule has 1 unspecified atom stereocenters. The van der Waals surface area contributed by atoms with Crippen LogP contribution >= 0.6 is 27.3 Å². The first kappa shape index (κ1) is 11.0. The fourth-order valence-electron chi connectivity index (χ4n) is 0.820. The Hall–Kier alpha value is -0.0700. The van der Waals surface area contributed by atoms with Crippen molar-refractivity contribution in [3.63, 3.8) is 0 Å². The van der Waals surface area contributed by atoms with Crippen LogP contribution in [0, 0.1) is 0 Å². The van der Waals surface area contributed by atoms with Crippen LogP contribution in [0.3, 0.4) is 0 Å². The van der Waals surface area contributed by atoms with Crippen LogP contribution in [0.4, 0.5) is 8.78 Å². The summed E-state index contributed by atoms with van der Waals surface area (Å²) in [7, 11) is 0. The van der Waals surface area contributed by atoms with Crippen LogP contribution in [-0.2, 0) is 6.42 Å². The number of rotatable bonds is 4. The molecule has 2 N–H and O–H groups in total. The molecule has 1 rings (SSSR count). The van der Waals surface area contributed by atoms with Crippen molar-refractivity contribution >= 4 is 27.3 Å². The van der Waals surface area contributed by atoms with Gasteiger partial charge in [0.1, 0.15) is 9.83 Å². The second kappa shape index (κ2) is 4.97. The molecule has 2 nitrogen and oxygen atoms in total. The fourth-order valence-corrected chi connectivity index (χ4v) is 2.08. The van der Waals surface area contributed by atoms with Gasteiger partial charge in [-0.05, 0) is 6.54 Å². The minimum absolute atomic E-state index is 0.415. The lowest BCUT2D eigenvalue weighted by atomic mass is 10.3. The first-order chi connectivity index (χ1) is 6.15.